The molecule has 0 aliphatic heterocycles. The fraction of sp³-hybridized carbons (Fsp3) is 0.714. The van der Waals surface area contributed by atoms with Crippen LogP contribution in [0.3, 0.4) is 0 Å². The van der Waals surface area contributed by atoms with E-state index in [-0.39, 0.29) is 5.82 Å². The minimum Gasteiger partial charge on any atom is -0.324 e. The Morgan fingerprint density at radius 3 is 1.52 bits per heavy atom. The quantitative estimate of drug-likeness (QED) is 0.233. The molecule has 0 aromatic heterocycles. The van der Waals surface area contributed by atoms with Gasteiger partial charge in [-0.05, 0) is 19.3 Å². The molecule has 0 amide bonds. The largest absolute Gasteiger partial charge is 0.348 e. The zero-order valence-electron chi connectivity index (χ0n) is 11.5. The van der Waals surface area contributed by atoms with Crippen LogP contribution in [0.4, 0.5) is 0 Å². The molecule has 0 fully saturated rings. The summed E-state index contributed by atoms with van der Waals surface area (Å²) in [7, 11) is -20.3. The van der Waals surface area contributed by atoms with Gasteiger partial charge >= 0.3 is 30.4 Å². The Bertz CT molecular complexity index is 593. The molecule has 0 spiro atoms. The van der Waals surface area contributed by atoms with Crippen molar-refractivity contribution < 1.29 is 57.4 Å². The summed E-state index contributed by atoms with van der Waals surface area (Å²) in [6, 6.07) is 0. The molecule has 0 saturated heterocycles. The van der Waals surface area contributed by atoms with E-state index in [0.717, 1.165) is 0 Å². The second-order valence-corrected chi connectivity index (χ2v) is 12.2. The molecule has 0 atom stereocenters. The lowest BCUT2D eigenvalue weighted by Crippen LogP contribution is -2.29. The van der Waals surface area contributed by atoms with E-state index in [1.54, 1.807) is 0 Å². The van der Waals surface area contributed by atoms with Gasteiger partial charge in [-0.3, -0.25) is 18.3 Å². The van der Waals surface area contributed by atoms with Crippen molar-refractivity contribution in [2.75, 3.05) is 6.16 Å². The molecule has 138 valence electrons. The van der Waals surface area contributed by atoms with Crippen molar-refractivity contribution >= 4 is 30.4 Å². The van der Waals surface area contributed by atoms with Gasteiger partial charge in [0.1, 0.15) is 0 Å². The van der Waals surface area contributed by atoms with Crippen LogP contribution < -0.4 is 0 Å². The van der Waals surface area contributed by atoms with Crippen LogP contribution in [0.2, 0.25) is 0 Å². The van der Waals surface area contributed by atoms with Crippen molar-refractivity contribution in [1.29, 1.82) is 0 Å². The Morgan fingerprint density at radius 2 is 1.22 bits per heavy atom. The van der Waals surface area contributed by atoms with Crippen LogP contribution in [0.25, 0.3) is 0 Å². The SMILES string of the molecule is O=P(O)(O)C=CCC(CCCP(=O)(O)O)(P(=O)(O)O)P(=O)(O)O. The molecule has 0 heterocycles. The lowest BCUT2D eigenvalue weighted by atomic mass is 10.2. The minimum atomic E-state index is -5.51. The highest BCUT2D eigenvalue weighted by molar-refractivity contribution is 7.72. The minimum absolute atomic E-state index is 0.232. The van der Waals surface area contributed by atoms with Crippen molar-refractivity contribution in [3.05, 3.63) is 11.9 Å². The van der Waals surface area contributed by atoms with Gasteiger partial charge in [0, 0.05) is 12.0 Å². The Balaban J connectivity index is 5.70. The van der Waals surface area contributed by atoms with E-state index in [9.17, 15) is 37.8 Å². The average Bonchev–Trinajstić information content (AvgIpc) is 2.19. The van der Waals surface area contributed by atoms with Gasteiger partial charge < -0.3 is 39.1 Å². The smallest absolute Gasteiger partial charge is 0.324 e. The van der Waals surface area contributed by atoms with E-state index in [1.807, 2.05) is 0 Å². The van der Waals surface area contributed by atoms with Crippen molar-refractivity contribution in [2.24, 2.45) is 0 Å². The lowest BCUT2D eigenvalue weighted by molar-refractivity contribution is 0.298. The van der Waals surface area contributed by atoms with Crippen LogP contribution in [0.1, 0.15) is 19.3 Å². The lowest BCUT2D eigenvalue weighted by Gasteiger charge is -2.33. The zero-order valence-corrected chi connectivity index (χ0v) is 15.1. The molecule has 23 heavy (non-hydrogen) atoms. The van der Waals surface area contributed by atoms with E-state index in [2.05, 4.69) is 0 Å². The van der Waals surface area contributed by atoms with Crippen LogP contribution in [-0.2, 0) is 18.3 Å². The third kappa shape index (κ3) is 7.84. The van der Waals surface area contributed by atoms with Gasteiger partial charge in [-0.15, -0.1) is 0 Å². The molecule has 12 nitrogen and oxygen atoms in total. The Kier molecular flexibility index (Phi) is 7.82. The van der Waals surface area contributed by atoms with E-state index in [4.69, 9.17) is 19.6 Å². The number of hydrogen-bond acceptors (Lipinski definition) is 4. The topological polar surface area (TPSA) is 230 Å². The monoisotopic (exact) mass is 418 g/mol. The summed E-state index contributed by atoms with van der Waals surface area (Å²) in [5.74, 6) is 0.232. The highest BCUT2D eigenvalue weighted by Crippen LogP contribution is 2.72. The summed E-state index contributed by atoms with van der Waals surface area (Å²) < 4.78 is 44.6. The first-order valence-electron chi connectivity index (χ1n) is 5.80. The third-order valence-electron chi connectivity index (χ3n) is 2.86. The average molecular weight is 418 g/mol. The highest BCUT2D eigenvalue weighted by atomic mass is 31.2. The molecular weight excluding hydrogens is 400 g/mol. The predicted molar refractivity (Wildman–Crippen MR) is 78.8 cm³/mol. The molecule has 0 bridgehead atoms. The van der Waals surface area contributed by atoms with Crippen molar-refractivity contribution in [2.45, 2.75) is 24.2 Å². The summed E-state index contributed by atoms with van der Waals surface area (Å²) >= 11 is 0. The Labute approximate surface area is 130 Å². The van der Waals surface area contributed by atoms with Crippen molar-refractivity contribution in [3.8, 4) is 0 Å². The molecular formula is C7H18O12P4. The summed E-state index contributed by atoms with van der Waals surface area (Å²) in [6.07, 6.45) is -3.01. The van der Waals surface area contributed by atoms with Gasteiger partial charge in [0.2, 0.25) is 0 Å². The number of hydrogen-bond donors (Lipinski definition) is 8. The maximum atomic E-state index is 11.6. The molecule has 0 unspecified atom stereocenters. The van der Waals surface area contributed by atoms with Crippen LogP contribution in [-0.4, -0.2) is 50.2 Å². The predicted octanol–water partition coefficient (Wildman–Crippen LogP) is 0.0775. The molecule has 0 rings (SSSR count). The van der Waals surface area contributed by atoms with Gasteiger partial charge in [-0.25, -0.2) is 0 Å². The molecule has 16 heteroatoms. The number of allylic oxidation sites excluding steroid dienone is 1. The molecule has 0 aliphatic carbocycles. The first kappa shape index (κ1) is 23.3. The molecule has 0 aliphatic rings. The van der Waals surface area contributed by atoms with Crippen LogP contribution >= 0.6 is 30.4 Å². The molecule has 0 aromatic carbocycles. The van der Waals surface area contributed by atoms with Gasteiger partial charge in [-0.2, -0.15) is 0 Å². The van der Waals surface area contributed by atoms with E-state index < -0.39 is 60.7 Å². The van der Waals surface area contributed by atoms with E-state index in [0.29, 0.717) is 6.08 Å². The zero-order chi connectivity index (χ0) is 18.7. The summed E-state index contributed by atoms with van der Waals surface area (Å²) in [5, 5.41) is 0. The maximum absolute atomic E-state index is 11.6. The summed E-state index contributed by atoms with van der Waals surface area (Å²) in [5.41, 5.74) is 0. The second kappa shape index (κ2) is 7.70. The first-order valence-corrected chi connectivity index (χ1v) is 12.5. The fourth-order valence-corrected chi connectivity index (χ4v) is 5.64. The Hall–Kier alpha value is 0.340. The number of rotatable bonds is 9. The summed E-state index contributed by atoms with van der Waals surface area (Å²) in [6.45, 7) is 0. The highest BCUT2D eigenvalue weighted by Gasteiger charge is 2.58. The normalized spacial score (nSPS) is 15.3. The Morgan fingerprint density at radius 1 is 0.783 bits per heavy atom. The van der Waals surface area contributed by atoms with E-state index in [1.165, 1.54) is 0 Å². The standard InChI is InChI=1S/C7H18O12P4/c8-20(9,10)5-1-3-7(22(14,15)16,23(17,18)19)4-2-6-21(11,12)13/h1,5H,2-4,6H2,(H2,8,9,10)(H2,11,12,13)(H2,14,15,16)(H2,17,18,19). The molecule has 8 N–H and O–H groups in total. The second-order valence-electron chi connectivity index (χ2n) is 4.74. The fourth-order valence-electron chi connectivity index (χ4n) is 1.75. The molecule has 0 saturated carbocycles. The van der Waals surface area contributed by atoms with Gasteiger partial charge in [0.25, 0.3) is 0 Å². The van der Waals surface area contributed by atoms with Crippen LogP contribution in [0.15, 0.2) is 11.9 Å². The van der Waals surface area contributed by atoms with Crippen molar-refractivity contribution in [3.63, 3.8) is 0 Å². The first-order chi connectivity index (χ1) is 9.91. The third-order valence-corrected chi connectivity index (χ3v) is 8.90. The van der Waals surface area contributed by atoms with Gasteiger partial charge in [-0.1, -0.05) is 6.08 Å². The van der Waals surface area contributed by atoms with Gasteiger partial charge in [0.15, 0.2) is 4.90 Å². The summed E-state index contributed by atoms with van der Waals surface area (Å²) in [4.78, 5) is 68.9. The van der Waals surface area contributed by atoms with Gasteiger partial charge in [0.05, 0.1) is 0 Å². The van der Waals surface area contributed by atoms with Crippen molar-refractivity contribution in [1.82, 2.24) is 0 Å². The molecule has 0 aromatic rings. The maximum Gasteiger partial charge on any atom is 0.348 e. The molecule has 0 radical (unpaired) electrons. The van der Waals surface area contributed by atoms with Crippen LogP contribution in [0.5, 0.6) is 0 Å². The van der Waals surface area contributed by atoms with E-state index >= 15 is 0 Å². The van der Waals surface area contributed by atoms with Crippen LogP contribution in [0, 0.1) is 0 Å².